The maximum atomic E-state index is 12.8. The highest BCUT2D eigenvalue weighted by Gasteiger charge is 2.32. The Morgan fingerprint density at radius 2 is 1.83 bits per heavy atom. The number of aryl methyl sites for hydroxylation is 2. The largest absolute Gasteiger partial charge is 0.467 e. The van der Waals surface area contributed by atoms with Crippen molar-refractivity contribution in [2.75, 3.05) is 46.2 Å². The maximum Gasteiger partial charge on any atom is 0.318 e. The second-order valence-corrected chi connectivity index (χ2v) is 9.88. The van der Waals surface area contributed by atoms with Crippen molar-refractivity contribution in [2.45, 2.75) is 39.5 Å². The van der Waals surface area contributed by atoms with E-state index in [4.69, 9.17) is 9.47 Å². The Labute approximate surface area is 214 Å². The van der Waals surface area contributed by atoms with Crippen molar-refractivity contribution < 1.29 is 14.3 Å². The molecule has 0 unspecified atom stereocenters. The van der Waals surface area contributed by atoms with Gasteiger partial charge in [0, 0.05) is 24.7 Å². The van der Waals surface area contributed by atoms with Gasteiger partial charge in [0.05, 0.1) is 18.2 Å². The van der Waals surface area contributed by atoms with Gasteiger partial charge in [-0.25, -0.2) is 0 Å². The van der Waals surface area contributed by atoms with Crippen LogP contribution in [0.5, 0.6) is 6.01 Å². The Balaban J connectivity index is 1.78. The fourth-order valence-electron chi connectivity index (χ4n) is 3.89. The van der Waals surface area contributed by atoms with E-state index in [9.17, 15) is 4.79 Å². The number of likely N-dealkylation sites (N-methyl/N-ethyl adjacent to an activating group) is 1. The van der Waals surface area contributed by atoms with E-state index in [0.29, 0.717) is 19.0 Å². The molecule has 1 aromatic heterocycles. The van der Waals surface area contributed by atoms with Gasteiger partial charge in [0.2, 0.25) is 0 Å². The minimum Gasteiger partial charge on any atom is -0.467 e. The first-order chi connectivity index (χ1) is 17.1. The molecule has 7 heteroatoms. The molecule has 0 saturated carbocycles. The van der Waals surface area contributed by atoms with Crippen LogP contribution in [-0.4, -0.2) is 61.7 Å². The second-order valence-electron chi connectivity index (χ2n) is 9.88. The first-order valence-electron chi connectivity index (χ1n) is 12.3. The highest BCUT2D eigenvalue weighted by atomic mass is 16.5. The van der Waals surface area contributed by atoms with Gasteiger partial charge in [-0.2, -0.15) is 9.97 Å². The van der Waals surface area contributed by atoms with Gasteiger partial charge >= 0.3 is 12.0 Å². The molecule has 0 fully saturated rings. The molecule has 3 rings (SSSR count). The van der Waals surface area contributed by atoms with Crippen molar-refractivity contribution in [1.82, 2.24) is 14.9 Å². The molecule has 1 heterocycles. The normalized spacial score (nSPS) is 11.4. The Kier molecular flexibility index (Phi) is 9.04. The van der Waals surface area contributed by atoms with Crippen molar-refractivity contribution in [3.05, 3.63) is 70.8 Å². The third kappa shape index (κ3) is 7.04. The third-order valence-electron chi connectivity index (χ3n) is 6.25. The zero-order chi connectivity index (χ0) is 26.3. The third-order valence-corrected chi connectivity index (χ3v) is 6.25. The molecule has 0 radical (unpaired) electrons. The van der Waals surface area contributed by atoms with Crippen molar-refractivity contribution in [3.63, 3.8) is 0 Å². The molecule has 0 aliphatic heterocycles. The van der Waals surface area contributed by atoms with E-state index in [0.717, 1.165) is 29.8 Å². The summed E-state index contributed by atoms with van der Waals surface area (Å²) < 4.78 is 10.9. The lowest BCUT2D eigenvalue weighted by Crippen LogP contribution is -2.33. The number of hydrogen-bond donors (Lipinski definition) is 1. The van der Waals surface area contributed by atoms with Crippen LogP contribution in [0.15, 0.2) is 48.5 Å². The van der Waals surface area contributed by atoms with Gasteiger partial charge in [-0.15, -0.1) is 0 Å². The first kappa shape index (κ1) is 27.1. The molecule has 0 saturated heterocycles. The van der Waals surface area contributed by atoms with E-state index in [2.05, 4.69) is 47.3 Å². The number of ether oxygens (including phenoxy) is 2. The maximum absolute atomic E-state index is 12.8. The fraction of sp³-hybridized carbons (Fsp3) is 0.414. The molecular weight excluding hydrogens is 452 g/mol. The number of carbonyl (C=O) groups is 1. The molecule has 0 atom stereocenters. The fourth-order valence-corrected chi connectivity index (χ4v) is 3.89. The van der Waals surface area contributed by atoms with Crippen molar-refractivity contribution in [1.29, 1.82) is 0 Å². The highest BCUT2D eigenvalue weighted by molar-refractivity contribution is 5.83. The second kappa shape index (κ2) is 12.0. The minimum absolute atomic E-state index is 0.254. The van der Waals surface area contributed by atoms with Gasteiger partial charge in [-0.05, 0) is 71.0 Å². The average Bonchev–Trinajstić information content (AvgIpc) is 2.85. The van der Waals surface area contributed by atoms with Crippen LogP contribution in [0.1, 0.15) is 36.1 Å². The average molecular weight is 491 g/mol. The van der Waals surface area contributed by atoms with E-state index in [1.54, 1.807) is 7.11 Å². The van der Waals surface area contributed by atoms with Crippen LogP contribution in [0, 0.1) is 13.8 Å². The molecule has 2 aromatic carbocycles. The van der Waals surface area contributed by atoms with E-state index >= 15 is 0 Å². The lowest BCUT2D eigenvalue weighted by atomic mass is 9.83. The van der Waals surface area contributed by atoms with Crippen LogP contribution in [0.4, 0.5) is 5.82 Å². The van der Waals surface area contributed by atoms with E-state index < -0.39 is 5.41 Å². The molecule has 0 bridgehead atoms. The number of esters is 1. The summed E-state index contributed by atoms with van der Waals surface area (Å²) in [5.41, 5.74) is 5.51. The van der Waals surface area contributed by atoms with Gasteiger partial charge in [0.1, 0.15) is 12.4 Å². The van der Waals surface area contributed by atoms with Crippen LogP contribution in [0.2, 0.25) is 0 Å². The quantitative estimate of drug-likeness (QED) is 0.387. The Morgan fingerprint density at radius 1 is 1.06 bits per heavy atom. The van der Waals surface area contributed by atoms with Crippen LogP contribution < -0.4 is 10.1 Å². The lowest BCUT2D eigenvalue weighted by Gasteiger charge is -2.24. The standard InChI is InChI=1S/C29H38N4O3/c1-20-11-12-22(21(2)17-20)13-14-30-26-19-25(31-28(32-26)35-7)23-9-8-10-24(18-23)29(3,4)27(34)36-16-15-33(5)6/h8-12,17-19H,13-16H2,1-7H3,(H,30,31,32). The van der Waals surface area contributed by atoms with Gasteiger partial charge in [-0.1, -0.05) is 42.0 Å². The summed E-state index contributed by atoms with van der Waals surface area (Å²) in [6.45, 7) is 9.77. The van der Waals surface area contributed by atoms with Gasteiger partial charge in [0.25, 0.3) is 0 Å². The van der Waals surface area contributed by atoms with Crippen LogP contribution in [0.3, 0.4) is 0 Å². The molecule has 192 valence electrons. The van der Waals surface area contributed by atoms with Crippen molar-refractivity contribution in [2.24, 2.45) is 0 Å². The lowest BCUT2D eigenvalue weighted by molar-refractivity contribution is -0.149. The zero-order valence-electron chi connectivity index (χ0n) is 22.5. The van der Waals surface area contributed by atoms with Gasteiger partial charge < -0.3 is 19.7 Å². The smallest absolute Gasteiger partial charge is 0.318 e. The summed E-state index contributed by atoms with van der Waals surface area (Å²) in [6, 6.07) is 16.5. The Bertz CT molecular complexity index is 1190. The molecule has 0 spiro atoms. The topological polar surface area (TPSA) is 76.6 Å². The number of nitrogens with zero attached hydrogens (tertiary/aromatic N) is 3. The summed E-state index contributed by atoms with van der Waals surface area (Å²) in [6.07, 6.45) is 0.882. The number of benzene rings is 2. The SMILES string of the molecule is COc1nc(NCCc2ccc(C)cc2C)cc(-c2cccc(C(C)(C)C(=O)OCCN(C)C)c2)n1. The molecule has 0 aliphatic carbocycles. The summed E-state index contributed by atoms with van der Waals surface area (Å²) >= 11 is 0. The number of anilines is 1. The molecule has 0 amide bonds. The summed E-state index contributed by atoms with van der Waals surface area (Å²) in [7, 11) is 5.46. The van der Waals surface area contributed by atoms with Crippen LogP contribution in [0.25, 0.3) is 11.3 Å². The number of aromatic nitrogens is 2. The summed E-state index contributed by atoms with van der Waals surface area (Å²) in [5.74, 6) is 0.435. The molecule has 3 aromatic rings. The number of carbonyl (C=O) groups excluding carboxylic acids is 1. The molecule has 0 aliphatic rings. The number of methoxy groups -OCH3 is 1. The predicted molar refractivity (Wildman–Crippen MR) is 145 cm³/mol. The highest BCUT2D eigenvalue weighted by Crippen LogP contribution is 2.30. The summed E-state index contributed by atoms with van der Waals surface area (Å²) in [5, 5.41) is 3.41. The predicted octanol–water partition coefficient (Wildman–Crippen LogP) is 4.81. The van der Waals surface area contributed by atoms with E-state index in [-0.39, 0.29) is 12.0 Å². The van der Waals surface area contributed by atoms with E-state index in [1.807, 2.05) is 63.2 Å². The van der Waals surface area contributed by atoms with Crippen molar-refractivity contribution in [3.8, 4) is 17.3 Å². The van der Waals surface area contributed by atoms with E-state index in [1.165, 1.54) is 16.7 Å². The summed E-state index contributed by atoms with van der Waals surface area (Å²) in [4.78, 5) is 23.8. The molecule has 7 nitrogen and oxygen atoms in total. The Morgan fingerprint density at radius 3 is 2.53 bits per heavy atom. The van der Waals surface area contributed by atoms with Gasteiger partial charge in [-0.3, -0.25) is 4.79 Å². The van der Waals surface area contributed by atoms with Crippen LogP contribution >= 0.6 is 0 Å². The zero-order valence-corrected chi connectivity index (χ0v) is 22.5. The first-order valence-corrected chi connectivity index (χ1v) is 12.3. The Hall–Kier alpha value is -3.45. The molecule has 1 N–H and O–H groups in total. The molecule has 36 heavy (non-hydrogen) atoms. The minimum atomic E-state index is -0.799. The number of hydrogen-bond acceptors (Lipinski definition) is 7. The monoisotopic (exact) mass is 490 g/mol. The number of rotatable bonds is 11. The van der Waals surface area contributed by atoms with Crippen molar-refractivity contribution >= 4 is 11.8 Å². The van der Waals surface area contributed by atoms with Crippen LogP contribution in [-0.2, 0) is 21.4 Å². The molecular formula is C29H38N4O3. The number of nitrogens with one attached hydrogen (secondary N) is 1. The van der Waals surface area contributed by atoms with Gasteiger partial charge in [0.15, 0.2) is 0 Å².